The highest BCUT2D eigenvalue weighted by molar-refractivity contribution is 6.62. The molecule has 2 aromatic carbocycles. The molecular formula is C11H8BF3O3. The van der Waals surface area contributed by atoms with Gasteiger partial charge in [0, 0.05) is 5.39 Å². The van der Waals surface area contributed by atoms with E-state index in [4.69, 9.17) is 10.0 Å². The Labute approximate surface area is 101 Å². The molecule has 18 heavy (non-hydrogen) atoms. The van der Waals surface area contributed by atoms with Crippen LogP contribution in [0.5, 0.6) is 5.75 Å². The first-order chi connectivity index (χ1) is 8.38. The largest absolute Gasteiger partial charge is 0.573 e. The average Bonchev–Trinajstić information content (AvgIpc) is 2.26. The summed E-state index contributed by atoms with van der Waals surface area (Å²) >= 11 is 0. The topological polar surface area (TPSA) is 49.7 Å². The summed E-state index contributed by atoms with van der Waals surface area (Å²) in [5.74, 6) is -0.373. The minimum Gasteiger partial charge on any atom is -0.423 e. The molecule has 94 valence electrons. The van der Waals surface area contributed by atoms with Crippen LogP contribution in [0.4, 0.5) is 13.2 Å². The Morgan fingerprint density at radius 1 is 0.944 bits per heavy atom. The van der Waals surface area contributed by atoms with E-state index in [1.165, 1.54) is 36.4 Å². The van der Waals surface area contributed by atoms with E-state index < -0.39 is 13.5 Å². The van der Waals surface area contributed by atoms with Gasteiger partial charge in [-0.25, -0.2) is 0 Å². The summed E-state index contributed by atoms with van der Waals surface area (Å²) in [6.45, 7) is 0. The number of hydrogen-bond acceptors (Lipinski definition) is 3. The minimum atomic E-state index is -4.79. The third kappa shape index (κ3) is 2.57. The van der Waals surface area contributed by atoms with Crippen LogP contribution in [0.2, 0.25) is 0 Å². The molecule has 0 aromatic heterocycles. The quantitative estimate of drug-likeness (QED) is 0.799. The number of ether oxygens (including phenoxy) is 1. The fourth-order valence-electron chi connectivity index (χ4n) is 1.74. The highest BCUT2D eigenvalue weighted by atomic mass is 19.4. The fourth-order valence-corrected chi connectivity index (χ4v) is 1.74. The van der Waals surface area contributed by atoms with Crippen molar-refractivity contribution < 1.29 is 28.0 Å². The lowest BCUT2D eigenvalue weighted by molar-refractivity contribution is -0.274. The molecule has 0 radical (unpaired) electrons. The molecule has 2 N–H and O–H groups in total. The summed E-state index contributed by atoms with van der Waals surface area (Å²) in [5, 5.41) is 18.7. The summed E-state index contributed by atoms with van der Waals surface area (Å²) in [7, 11) is -1.75. The second-order valence-corrected chi connectivity index (χ2v) is 3.62. The maximum atomic E-state index is 12.2. The van der Waals surface area contributed by atoms with E-state index in [-0.39, 0.29) is 16.6 Å². The van der Waals surface area contributed by atoms with Gasteiger partial charge in [-0.3, -0.25) is 0 Å². The summed E-state index contributed by atoms with van der Waals surface area (Å²) in [6, 6.07) is 8.29. The van der Waals surface area contributed by atoms with E-state index in [0.717, 1.165) is 0 Å². The Morgan fingerprint density at radius 2 is 1.56 bits per heavy atom. The number of halogens is 3. The van der Waals surface area contributed by atoms with Gasteiger partial charge in [0.25, 0.3) is 0 Å². The molecule has 3 nitrogen and oxygen atoms in total. The summed E-state index contributed by atoms with van der Waals surface area (Å²) < 4.78 is 40.5. The third-order valence-corrected chi connectivity index (χ3v) is 2.42. The smallest absolute Gasteiger partial charge is 0.423 e. The lowest BCUT2D eigenvalue weighted by Crippen LogP contribution is -2.30. The highest BCUT2D eigenvalue weighted by Crippen LogP contribution is 2.29. The zero-order chi connectivity index (χ0) is 13.3. The molecule has 0 aliphatic rings. The van der Waals surface area contributed by atoms with E-state index in [9.17, 15) is 13.2 Å². The van der Waals surface area contributed by atoms with Gasteiger partial charge in [-0.2, -0.15) is 0 Å². The van der Waals surface area contributed by atoms with Gasteiger partial charge < -0.3 is 14.8 Å². The molecule has 0 aliphatic heterocycles. The minimum absolute atomic E-state index is 0.125. The van der Waals surface area contributed by atoms with Gasteiger partial charge in [0.1, 0.15) is 5.75 Å². The molecule has 2 rings (SSSR count). The van der Waals surface area contributed by atoms with Crippen molar-refractivity contribution in [1.29, 1.82) is 0 Å². The number of rotatable bonds is 2. The van der Waals surface area contributed by atoms with Crippen LogP contribution in [0.15, 0.2) is 36.4 Å². The third-order valence-electron chi connectivity index (χ3n) is 2.42. The molecule has 0 atom stereocenters. The molecule has 7 heteroatoms. The van der Waals surface area contributed by atoms with E-state index in [0.29, 0.717) is 5.39 Å². The van der Waals surface area contributed by atoms with Crippen LogP contribution in [0.1, 0.15) is 0 Å². The molecule has 0 saturated carbocycles. The average molecular weight is 256 g/mol. The van der Waals surface area contributed by atoms with Crippen molar-refractivity contribution in [3.63, 3.8) is 0 Å². The Balaban J connectivity index is 2.60. The molecule has 2 aromatic rings. The summed E-state index contributed by atoms with van der Waals surface area (Å²) in [5.41, 5.74) is 0.125. The van der Waals surface area contributed by atoms with Crippen LogP contribution >= 0.6 is 0 Å². The lowest BCUT2D eigenvalue weighted by Gasteiger charge is -2.12. The lowest BCUT2D eigenvalue weighted by atomic mass is 9.77. The predicted molar refractivity (Wildman–Crippen MR) is 60.5 cm³/mol. The highest BCUT2D eigenvalue weighted by Gasteiger charge is 2.32. The van der Waals surface area contributed by atoms with Crippen LogP contribution in [0.3, 0.4) is 0 Å². The van der Waals surface area contributed by atoms with Crippen molar-refractivity contribution in [2.75, 3.05) is 0 Å². The van der Waals surface area contributed by atoms with Crippen molar-refractivity contribution in [3.05, 3.63) is 36.4 Å². The first kappa shape index (κ1) is 12.7. The Morgan fingerprint density at radius 3 is 2.17 bits per heavy atom. The van der Waals surface area contributed by atoms with Crippen molar-refractivity contribution in [2.45, 2.75) is 6.36 Å². The first-order valence-electron chi connectivity index (χ1n) is 5.02. The maximum absolute atomic E-state index is 12.2. The Bertz CT molecular complexity index is 569. The van der Waals surface area contributed by atoms with Crippen LogP contribution in [-0.4, -0.2) is 23.5 Å². The SMILES string of the molecule is OB(O)c1cccc2c(OC(F)(F)F)cccc12. The van der Waals surface area contributed by atoms with Gasteiger partial charge in [0.05, 0.1) is 0 Å². The van der Waals surface area contributed by atoms with Crippen molar-refractivity contribution in [3.8, 4) is 5.75 Å². The summed E-state index contributed by atoms with van der Waals surface area (Å²) in [6.07, 6.45) is -4.79. The van der Waals surface area contributed by atoms with E-state index >= 15 is 0 Å². The summed E-state index contributed by atoms with van der Waals surface area (Å²) in [4.78, 5) is 0. The first-order valence-corrected chi connectivity index (χ1v) is 5.02. The van der Waals surface area contributed by atoms with Crippen LogP contribution in [0.25, 0.3) is 10.8 Å². The molecule has 0 amide bonds. The number of hydrogen-bond donors (Lipinski definition) is 2. The van der Waals surface area contributed by atoms with E-state index in [1.807, 2.05) is 0 Å². The van der Waals surface area contributed by atoms with E-state index in [1.54, 1.807) is 0 Å². The fraction of sp³-hybridized carbons (Fsp3) is 0.0909. The molecule has 0 bridgehead atoms. The van der Waals surface area contributed by atoms with Gasteiger partial charge in [0.2, 0.25) is 0 Å². The molecule has 0 unspecified atom stereocenters. The predicted octanol–water partition coefficient (Wildman–Crippen LogP) is 1.42. The van der Waals surface area contributed by atoms with Crippen molar-refractivity contribution in [2.24, 2.45) is 0 Å². The molecule has 0 saturated heterocycles. The maximum Gasteiger partial charge on any atom is 0.573 e. The van der Waals surface area contributed by atoms with Gasteiger partial charge in [-0.1, -0.05) is 30.3 Å². The van der Waals surface area contributed by atoms with E-state index in [2.05, 4.69) is 4.74 Å². The molecular weight excluding hydrogens is 248 g/mol. The Hall–Kier alpha value is -1.73. The standard InChI is InChI=1S/C11H8BF3O3/c13-11(14,15)18-10-6-2-3-7-8(10)4-1-5-9(7)12(16)17/h1-6,16-17H. The second-order valence-electron chi connectivity index (χ2n) is 3.62. The zero-order valence-electron chi connectivity index (χ0n) is 8.98. The van der Waals surface area contributed by atoms with Gasteiger partial charge in [0.15, 0.2) is 0 Å². The second kappa shape index (κ2) is 4.51. The number of fused-ring (bicyclic) bond motifs is 1. The molecule has 0 aliphatic carbocycles. The van der Waals surface area contributed by atoms with Crippen molar-refractivity contribution in [1.82, 2.24) is 0 Å². The number of alkyl halides is 3. The van der Waals surface area contributed by atoms with Gasteiger partial charge >= 0.3 is 13.5 Å². The number of benzene rings is 2. The zero-order valence-corrected chi connectivity index (χ0v) is 8.98. The van der Waals surface area contributed by atoms with Crippen LogP contribution < -0.4 is 10.2 Å². The molecule has 0 fully saturated rings. The van der Waals surface area contributed by atoms with Crippen LogP contribution in [-0.2, 0) is 0 Å². The van der Waals surface area contributed by atoms with Gasteiger partial charge in [-0.05, 0) is 16.9 Å². The van der Waals surface area contributed by atoms with Gasteiger partial charge in [-0.15, -0.1) is 13.2 Å². The monoisotopic (exact) mass is 256 g/mol. The normalized spacial score (nSPS) is 11.6. The Kier molecular flexibility index (Phi) is 3.19. The van der Waals surface area contributed by atoms with Crippen LogP contribution in [0, 0.1) is 0 Å². The molecule has 0 spiro atoms. The van der Waals surface area contributed by atoms with Crippen molar-refractivity contribution >= 4 is 23.4 Å². The molecule has 0 heterocycles.